The third kappa shape index (κ3) is 3.72. The van der Waals surface area contributed by atoms with Crippen molar-refractivity contribution in [1.29, 1.82) is 0 Å². The lowest BCUT2D eigenvalue weighted by Gasteiger charge is -2.05. The van der Waals surface area contributed by atoms with E-state index in [1.807, 2.05) is 13.0 Å². The molecule has 4 heteroatoms. The highest BCUT2D eigenvalue weighted by molar-refractivity contribution is 6.44. The van der Waals surface area contributed by atoms with Crippen LogP contribution < -0.4 is 5.32 Å². The van der Waals surface area contributed by atoms with Crippen molar-refractivity contribution >= 4 is 34.8 Å². The summed E-state index contributed by atoms with van der Waals surface area (Å²) in [6.07, 6.45) is 6.65. The van der Waals surface area contributed by atoms with Crippen molar-refractivity contribution in [3.63, 3.8) is 0 Å². The first-order chi connectivity index (χ1) is 7.65. The Morgan fingerprint density at radius 3 is 2.75 bits per heavy atom. The number of halogens is 2. The molecule has 0 radical (unpaired) electrons. The van der Waals surface area contributed by atoms with Gasteiger partial charge in [-0.25, -0.2) is 0 Å². The molecule has 84 valence electrons. The predicted molar refractivity (Wildman–Crippen MR) is 69.0 cm³/mol. The Morgan fingerprint density at radius 1 is 1.31 bits per heavy atom. The molecule has 0 spiro atoms. The van der Waals surface area contributed by atoms with E-state index in [0.29, 0.717) is 15.7 Å². The number of carbonyl (C=O) groups excluding carboxylic acids is 1. The maximum absolute atomic E-state index is 11.4. The van der Waals surface area contributed by atoms with Crippen LogP contribution in [0.2, 0.25) is 10.0 Å². The molecule has 0 aliphatic carbocycles. The third-order valence-corrected chi connectivity index (χ3v) is 2.58. The van der Waals surface area contributed by atoms with E-state index in [0.717, 1.165) is 0 Å². The lowest BCUT2D eigenvalue weighted by atomic mass is 10.3. The number of hydrogen-bond donors (Lipinski definition) is 1. The summed E-state index contributed by atoms with van der Waals surface area (Å²) in [5.41, 5.74) is 0.504. The molecule has 1 N–H and O–H groups in total. The van der Waals surface area contributed by atoms with Crippen LogP contribution in [0.3, 0.4) is 0 Å². The van der Waals surface area contributed by atoms with Crippen molar-refractivity contribution in [3.8, 4) is 0 Å². The number of nitrogens with one attached hydrogen (secondary N) is 1. The van der Waals surface area contributed by atoms with Crippen LogP contribution in [0.15, 0.2) is 42.5 Å². The molecule has 1 rings (SSSR count). The van der Waals surface area contributed by atoms with Crippen LogP contribution in [0.5, 0.6) is 0 Å². The summed E-state index contributed by atoms with van der Waals surface area (Å²) < 4.78 is 0. The average molecular weight is 256 g/mol. The molecule has 0 atom stereocenters. The molecule has 0 heterocycles. The Bertz CT molecular complexity index is 439. The van der Waals surface area contributed by atoms with Gasteiger partial charge in [0, 0.05) is 6.08 Å². The maximum atomic E-state index is 11.4. The number of allylic oxidation sites excluding steroid dienone is 3. The average Bonchev–Trinajstić information content (AvgIpc) is 2.25. The predicted octanol–water partition coefficient (Wildman–Crippen LogP) is 4.06. The minimum Gasteiger partial charge on any atom is -0.321 e. The van der Waals surface area contributed by atoms with Gasteiger partial charge in [0.15, 0.2) is 0 Å². The first-order valence-electron chi connectivity index (χ1n) is 4.69. The first-order valence-corrected chi connectivity index (χ1v) is 5.45. The van der Waals surface area contributed by atoms with Crippen molar-refractivity contribution in [3.05, 3.63) is 52.5 Å². The van der Waals surface area contributed by atoms with Gasteiger partial charge in [-0.15, -0.1) is 0 Å². The van der Waals surface area contributed by atoms with E-state index < -0.39 is 0 Å². The zero-order valence-electron chi connectivity index (χ0n) is 8.71. The van der Waals surface area contributed by atoms with E-state index in [2.05, 4.69) is 5.32 Å². The number of benzene rings is 1. The van der Waals surface area contributed by atoms with Crippen LogP contribution in [0.25, 0.3) is 0 Å². The maximum Gasteiger partial charge on any atom is 0.248 e. The summed E-state index contributed by atoms with van der Waals surface area (Å²) >= 11 is 11.7. The summed E-state index contributed by atoms with van der Waals surface area (Å²) in [5, 5.41) is 3.39. The van der Waals surface area contributed by atoms with Crippen molar-refractivity contribution < 1.29 is 4.79 Å². The quantitative estimate of drug-likeness (QED) is 0.641. The lowest BCUT2D eigenvalue weighted by molar-refractivity contribution is -0.111. The number of rotatable bonds is 3. The van der Waals surface area contributed by atoms with E-state index in [-0.39, 0.29) is 5.91 Å². The van der Waals surface area contributed by atoms with Gasteiger partial charge in [0.2, 0.25) is 5.91 Å². The van der Waals surface area contributed by atoms with Gasteiger partial charge in [-0.1, -0.05) is 47.5 Å². The highest BCUT2D eigenvalue weighted by atomic mass is 35.5. The van der Waals surface area contributed by atoms with Gasteiger partial charge in [-0.3, -0.25) is 4.79 Å². The summed E-state index contributed by atoms with van der Waals surface area (Å²) in [7, 11) is 0. The van der Waals surface area contributed by atoms with E-state index in [1.165, 1.54) is 6.08 Å². The number of hydrogen-bond acceptors (Lipinski definition) is 1. The summed E-state index contributed by atoms with van der Waals surface area (Å²) in [6.45, 7) is 1.87. The molecule has 1 amide bonds. The largest absolute Gasteiger partial charge is 0.321 e. The van der Waals surface area contributed by atoms with Gasteiger partial charge < -0.3 is 5.32 Å². The van der Waals surface area contributed by atoms with E-state index >= 15 is 0 Å². The molecule has 1 aromatic carbocycles. The van der Waals surface area contributed by atoms with E-state index in [9.17, 15) is 4.79 Å². The SMILES string of the molecule is CC=CC=CC(=O)Nc1cccc(Cl)c1Cl. The molecule has 0 saturated heterocycles. The highest BCUT2D eigenvalue weighted by Crippen LogP contribution is 2.29. The Morgan fingerprint density at radius 2 is 2.06 bits per heavy atom. The third-order valence-electron chi connectivity index (χ3n) is 1.76. The van der Waals surface area contributed by atoms with Gasteiger partial charge in [0.05, 0.1) is 15.7 Å². The summed E-state index contributed by atoms with van der Waals surface area (Å²) in [4.78, 5) is 11.4. The number of amides is 1. The van der Waals surface area contributed by atoms with Crippen molar-refractivity contribution in [2.45, 2.75) is 6.92 Å². The fraction of sp³-hybridized carbons (Fsp3) is 0.0833. The monoisotopic (exact) mass is 255 g/mol. The molecule has 0 bridgehead atoms. The van der Waals surface area contributed by atoms with E-state index in [1.54, 1.807) is 30.4 Å². The Balaban J connectivity index is 2.74. The van der Waals surface area contributed by atoms with Crippen LogP contribution in [-0.2, 0) is 4.79 Å². The zero-order chi connectivity index (χ0) is 12.0. The molecule has 0 saturated carbocycles. The summed E-state index contributed by atoms with van der Waals surface area (Å²) in [5.74, 6) is -0.248. The minimum absolute atomic E-state index is 0.248. The van der Waals surface area contributed by atoms with Gasteiger partial charge in [0.25, 0.3) is 0 Å². The fourth-order valence-corrected chi connectivity index (χ4v) is 1.38. The molecule has 0 aliphatic heterocycles. The molecular weight excluding hydrogens is 245 g/mol. The number of anilines is 1. The van der Waals surface area contributed by atoms with E-state index in [4.69, 9.17) is 23.2 Å². The van der Waals surface area contributed by atoms with Gasteiger partial charge >= 0.3 is 0 Å². The van der Waals surface area contributed by atoms with Crippen molar-refractivity contribution in [2.75, 3.05) is 5.32 Å². The van der Waals surface area contributed by atoms with Gasteiger partial charge in [-0.05, 0) is 19.1 Å². The molecule has 0 fully saturated rings. The van der Waals surface area contributed by atoms with Crippen LogP contribution in [0.4, 0.5) is 5.69 Å². The molecule has 1 aromatic rings. The lowest BCUT2D eigenvalue weighted by Crippen LogP contribution is -2.08. The zero-order valence-corrected chi connectivity index (χ0v) is 10.2. The highest BCUT2D eigenvalue weighted by Gasteiger charge is 2.05. The smallest absolute Gasteiger partial charge is 0.248 e. The topological polar surface area (TPSA) is 29.1 Å². The molecule has 2 nitrogen and oxygen atoms in total. The van der Waals surface area contributed by atoms with Crippen LogP contribution in [-0.4, -0.2) is 5.91 Å². The Hall–Kier alpha value is -1.25. The van der Waals surface area contributed by atoms with Crippen LogP contribution in [0, 0.1) is 0 Å². The van der Waals surface area contributed by atoms with Crippen molar-refractivity contribution in [1.82, 2.24) is 0 Å². The molecule has 16 heavy (non-hydrogen) atoms. The summed E-state index contributed by atoms with van der Waals surface area (Å²) in [6, 6.07) is 5.07. The second-order valence-electron chi connectivity index (χ2n) is 2.98. The first kappa shape index (κ1) is 12.8. The number of carbonyl (C=O) groups is 1. The molecule has 0 aromatic heterocycles. The Kier molecular flexibility index (Phi) is 5.09. The fourth-order valence-electron chi connectivity index (χ4n) is 1.03. The van der Waals surface area contributed by atoms with Gasteiger partial charge in [0.1, 0.15) is 0 Å². The normalized spacial score (nSPS) is 11.2. The molecular formula is C12H11Cl2NO. The van der Waals surface area contributed by atoms with Crippen LogP contribution in [0.1, 0.15) is 6.92 Å². The second kappa shape index (κ2) is 6.36. The van der Waals surface area contributed by atoms with Crippen molar-refractivity contribution in [2.24, 2.45) is 0 Å². The second-order valence-corrected chi connectivity index (χ2v) is 3.76. The Labute approximate surface area is 105 Å². The minimum atomic E-state index is -0.248. The van der Waals surface area contributed by atoms with Crippen LogP contribution >= 0.6 is 23.2 Å². The standard InChI is InChI=1S/C12H11Cl2NO/c1-2-3-4-8-11(16)15-10-7-5-6-9(13)12(10)14/h2-8H,1H3,(H,15,16). The molecule has 0 aliphatic rings. The van der Waals surface area contributed by atoms with Gasteiger partial charge in [-0.2, -0.15) is 0 Å². The molecule has 0 unspecified atom stereocenters.